The van der Waals surface area contributed by atoms with Crippen LogP contribution >= 0.6 is 24.0 Å². The average molecular weight is 510 g/mol. The number of aliphatic imine (C=N–C) groups is 1. The first kappa shape index (κ1) is 25.0. The SMILES string of the molecule is CCNC(=NCc1cc(F)ccc1F)NC1CCN(CCOC(C)C)CC1.I. The fraction of sp³-hybridized carbons (Fsp3) is 0.650. The molecule has 1 heterocycles. The number of likely N-dealkylation sites (tertiary alicyclic amines) is 1. The highest BCUT2D eigenvalue weighted by Gasteiger charge is 2.19. The van der Waals surface area contributed by atoms with E-state index in [1.54, 1.807) is 0 Å². The fourth-order valence-electron chi connectivity index (χ4n) is 3.06. The Hall–Kier alpha value is -1.00. The van der Waals surface area contributed by atoms with Crippen LogP contribution in [0.5, 0.6) is 0 Å². The van der Waals surface area contributed by atoms with Crippen LogP contribution in [0.2, 0.25) is 0 Å². The fourth-order valence-corrected chi connectivity index (χ4v) is 3.06. The van der Waals surface area contributed by atoms with Crippen molar-refractivity contribution in [1.29, 1.82) is 0 Å². The molecule has 28 heavy (non-hydrogen) atoms. The number of nitrogens with zero attached hydrogens (tertiary/aromatic N) is 2. The number of rotatable bonds is 8. The molecule has 1 aliphatic rings. The summed E-state index contributed by atoms with van der Waals surface area (Å²) in [5, 5.41) is 6.60. The molecular weight excluding hydrogens is 477 g/mol. The number of ether oxygens (including phenoxy) is 1. The number of nitrogens with one attached hydrogen (secondary N) is 2. The molecule has 0 bridgehead atoms. The molecule has 160 valence electrons. The second kappa shape index (κ2) is 13.3. The quantitative estimate of drug-likeness (QED) is 0.319. The van der Waals surface area contributed by atoms with Gasteiger partial charge >= 0.3 is 0 Å². The van der Waals surface area contributed by atoms with Crippen molar-refractivity contribution in [1.82, 2.24) is 15.5 Å². The topological polar surface area (TPSA) is 48.9 Å². The Kier molecular flexibility index (Phi) is 11.9. The minimum Gasteiger partial charge on any atom is -0.377 e. The Morgan fingerprint density at radius 1 is 1.29 bits per heavy atom. The first-order valence-electron chi connectivity index (χ1n) is 9.80. The Morgan fingerprint density at radius 2 is 2.00 bits per heavy atom. The van der Waals surface area contributed by atoms with Gasteiger partial charge in [0.25, 0.3) is 0 Å². The zero-order valence-electron chi connectivity index (χ0n) is 17.0. The maximum absolute atomic E-state index is 13.8. The summed E-state index contributed by atoms with van der Waals surface area (Å²) in [6.45, 7) is 10.6. The van der Waals surface area contributed by atoms with Gasteiger partial charge in [0, 0.05) is 37.8 Å². The van der Waals surface area contributed by atoms with E-state index in [-0.39, 0.29) is 42.2 Å². The maximum atomic E-state index is 13.8. The van der Waals surface area contributed by atoms with Crippen molar-refractivity contribution >= 4 is 29.9 Å². The lowest BCUT2D eigenvalue weighted by molar-refractivity contribution is 0.0532. The molecule has 0 aliphatic carbocycles. The minimum atomic E-state index is -0.451. The molecule has 0 unspecified atom stereocenters. The van der Waals surface area contributed by atoms with Gasteiger partial charge in [0.05, 0.1) is 19.3 Å². The predicted octanol–water partition coefficient (Wildman–Crippen LogP) is 3.53. The molecule has 0 atom stereocenters. The third kappa shape index (κ3) is 9.00. The molecule has 0 radical (unpaired) electrons. The number of benzene rings is 1. The van der Waals surface area contributed by atoms with Crippen LogP contribution in [0, 0.1) is 11.6 Å². The van der Waals surface area contributed by atoms with E-state index in [2.05, 4.69) is 20.5 Å². The van der Waals surface area contributed by atoms with E-state index in [4.69, 9.17) is 4.74 Å². The third-order valence-corrected chi connectivity index (χ3v) is 4.55. The van der Waals surface area contributed by atoms with Crippen molar-refractivity contribution in [2.45, 2.75) is 52.3 Å². The van der Waals surface area contributed by atoms with E-state index < -0.39 is 11.6 Å². The summed E-state index contributed by atoms with van der Waals surface area (Å²) in [7, 11) is 0. The molecule has 1 aliphatic heterocycles. The minimum absolute atomic E-state index is 0. The van der Waals surface area contributed by atoms with E-state index in [1.165, 1.54) is 6.07 Å². The van der Waals surface area contributed by atoms with Gasteiger partial charge in [-0.15, -0.1) is 24.0 Å². The molecule has 1 saturated heterocycles. The van der Waals surface area contributed by atoms with Crippen LogP contribution in [0.15, 0.2) is 23.2 Å². The number of piperidine rings is 1. The third-order valence-electron chi connectivity index (χ3n) is 4.55. The summed E-state index contributed by atoms with van der Waals surface area (Å²) in [6, 6.07) is 3.77. The molecule has 8 heteroatoms. The lowest BCUT2D eigenvalue weighted by Crippen LogP contribution is -2.49. The lowest BCUT2D eigenvalue weighted by atomic mass is 10.1. The van der Waals surface area contributed by atoms with Crippen LogP contribution in [0.25, 0.3) is 0 Å². The molecule has 2 rings (SSSR count). The monoisotopic (exact) mass is 510 g/mol. The van der Waals surface area contributed by atoms with Crippen LogP contribution in [-0.4, -0.2) is 55.8 Å². The van der Waals surface area contributed by atoms with Crippen molar-refractivity contribution in [2.75, 3.05) is 32.8 Å². The molecule has 0 spiro atoms. The van der Waals surface area contributed by atoms with Crippen molar-refractivity contribution < 1.29 is 13.5 Å². The summed E-state index contributed by atoms with van der Waals surface area (Å²) >= 11 is 0. The van der Waals surface area contributed by atoms with E-state index in [9.17, 15) is 8.78 Å². The van der Waals surface area contributed by atoms with E-state index >= 15 is 0 Å². The van der Waals surface area contributed by atoms with Gasteiger partial charge in [0.1, 0.15) is 11.6 Å². The van der Waals surface area contributed by atoms with Gasteiger partial charge in [-0.25, -0.2) is 13.8 Å². The zero-order chi connectivity index (χ0) is 19.6. The number of halogens is 3. The van der Waals surface area contributed by atoms with Gasteiger partial charge in [-0.05, 0) is 51.8 Å². The summed E-state index contributed by atoms with van der Waals surface area (Å²) in [5.41, 5.74) is 0.257. The largest absolute Gasteiger partial charge is 0.377 e. The molecule has 1 aromatic rings. The summed E-state index contributed by atoms with van der Waals surface area (Å²) < 4.78 is 32.7. The summed E-state index contributed by atoms with van der Waals surface area (Å²) in [4.78, 5) is 6.83. The van der Waals surface area contributed by atoms with E-state index in [0.717, 1.165) is 51.2 Å². The highest BCUT2D eigenvalue weighted by Crippen LogP contribution is 2.12. The number of guanidine groups is 1. The Labute approximate surface area is 184 Å². The Morgan fingerprint density at radius 3 is 2.64 bits per heavy atom. The van der Waals surface area contributed by atoms with Crippen molar-refractivity contribution in [3.8, 4) is 0 Å². The van der Waals surface area contributed by atoms with Crippen LogP contribution in [0.3, 0.4) is 0 Å². The molecular formula is C20H33F2IN4O. The van der Waals surface area contributed by atoms with Crippen molar-refractivity contribution in [2.24, 2.45) is 4.99 Å². The van der Waals surface area contributed by atoms with Gasteiger partial charge in [0.15, 0.2) is 5.96 Å². The van der Waals surface area contributed by atoms with E-state index in [1.807, 2.05) is 20.8 Å². The Bertz CT molecular complexity index is 608. The highest BCUT2D eigenvalue weighted by molar-refractivity contribution is 14.0. The summed E-state index contributed by atoms with van der Waals surface area (Å²) in [5.74, 6) is -0.246. The average Bonchev–Trinajstić information content (AvgIpc) is 2.63. The number of hydrogen-bond donors (Lipinski definition) is 2. The first-order chi connectivity index (χ1) is 13.0. The maximum Gasteiger partial charge on any atom is 0.191 e. The number of hydrogen-bond acceptors (Lipinski definition) is 3. The lowest BCUT2D eigenvalue weighted by Gasteiger charge is -2.33. The molecule has 2 N–H and O–H groups in total. The Balaban J connectivity index is 0.00000392. The smallest absolute Gasteiger partial charge is 0.191 e. The van der Waals surface area contributed by atoms with Crippen molar-refractivity contribution in [3.05, 3.63) is 35.4 Å². The second-order valence-corrected chi connectivity index (χ2v) is 7.11. The second-order valence-electron chi connectivity index (χ2n) is 7.11. The van der Waals surface area contributed by atoms with E-state index in [0.29, 0.717) is 18.5 Å². The van der Waals surface area contributed by atoms with Crippen LogP contribution in [0.4, 0.5) is 8.78 Å². The van der Waals surface area contributed by atoms with Gasteiger partial charge < -0.3 is 20.3 Å². The molecule has 1 fully saturated rings. The molecule has 1 aromatic carbocycles. The van der Waals surface area contributed by atoms with Crippen LogP contribution < -0.4 is 10.6 Å². The highest BCUT2D eigenvalue weighted by atomic mass is 127. The zero-order valence-corrected chi connectivity index (χ0v) is 19.3. The molecule has 0 amide bonds. The van der Waals surface area contributed by atoms with Crippen LogP contribution in [0.1, 0.15) is 39.2 Å². The van der Waals surface area contributed by atoms with Gasteiger partial charge in [-0.3, -0.25) is 0 Å². The normalized spacial score (nSPS) is 16.1. The summed E-state index contributed by atoms with van der Waals surface area (Å²) in [6.07, 6.45) is 2.30. The molecule has 0 saturated carbocycles. The molecule has 0 aromatic heterocycles. The van der Waals surface area contributed by atoms with Gasteiger partial charge in [-0.1, -0.05) is 0 Å². The van der Waals surface area contributed by atoms with Crippen LogP contribution in [-0.2, 0) is 11.3 Å². The van der Waals surface area contributed by atoms with Crippen molar-refractivity contribution in [3.63, 3.8) is 0 Å². The van der Waals surface area contributed by atoms with Gasteiger partial charge in [0.2, 0.25) is 0 Å². The molecule has 5 nitrogen and oxygen atoms in total. The standard InChI is InChI=1S/C20H32F2N4O.HI/c1-4-23-20(24-14-16-13-17(21)5-6-19(16)22)25-18-7-9-26(10-8-18)11-12-27-15(2)3;/h5-6,13,15,18H,4,7-12,14H2,1-3H3,(H2,23,24,25);1H. The van der Waals surface area contributed by atoms with Gasteiger partial charge in [-0.2, -0.15) is 0 Å². The predicted molar refractivity (Wildman–Crippen MR) is 120 cm³/mol. The first-order valence-corrected chi connectivity index (χ1v) is 9.80.